The summed E-state index contributed by atoms with van der Waals surface area (Å²) >= 11 is 0. The highest BCUT2D eigenvalue weighted by molar-refractivity contribution is 7.84. The van der Waals surface area contributed by atoms with Gasteiger partial charge >= 0.3 is 0 Å². The van der Waals surface area contributed by atoms with Crippen molar-refractivity contribution in [1.29, 1.82) is 0 Å². The summed E-state index contributed by atoms with van der Waals surface area (Å²) in [7, 11) is -0.631. The van der Waals surface area contributed by atoms with Gasteiger partial charge < -0.3 is 5.73 Å². The maximum absolute atomic E-state index is 11.3. The van der Waals surface area contributed by atoms with Gasteiger partial charge in [0.25, 0.3) is 0 Å². The average Bonchev–Trinajstić information content (AvgIpc) is 2.01. The van der Waals surface area contributed by atoms with Gasteiger partial charge in [-0.25, -0.2) is 0 Å². The van der Waals surface area contributed by atoms with Crippen LogP contribution in [-0.2, 0) is 10.8 Å². The summed E-state index contributed by atoms with van der Waals surface area (Å²) < 4.78 is 11.3. The van der Waals surface area contributed by atoms with E-state index in [1.54, 1.807) is 0 Å². The molecule has 0 spiro atoms. The van der Waals surface area contributed by atoms with Gasteiger partial charge in [-0.1, -0.05) is 26.7 Å². The van der Waals surface area contributed by atoms with Gasteiger partial charge in [-0.05, 0) is 18.9 Å². The van der Waals surface area contributed by atoms with Gasteiger partial charge in [0.1, 0.15) is 0 Å². The minimum absolute atomic E-state index is 0.605. The summed E-state index contributed by atoms with van der Waals surface area (Å²) in [6, 6.07) is 0. The largest absolute Gasteiger partial charge is 0.330 e. The summed E-state index contributed by atoms with van der Waals surface area (Å²) in [5, 5.41) is 0. The van der Waals surface area contributed by atoms with E-state index in [0.29, 0.717) is 12.5 Å². The standard InChI is InChI=1S/C9H21NOS/c1-3-5-9(2)8-12(11)7-4-6-10/h9H,3-8,10H2,1-2H3. The third-order valence-corrected chi connectivity index (χ3v) is 3.51. The zero-order valence-electron chi connectivity index (χ0n) is 8.21. The van der Waals surface area contributed by atoms with Gasteiger partial charge in [-0.15, -0.1) is 0 Å². The quantitative estimate of drug-likeness (QED) is 0.663. The lowest BCUT2D eigenvalue weighted by Crippen LogP contribution is -2.13. The molecular formula is C9H21NOS. The molecular weight excluding hydrogens is 170 g/mol. The van der Waals surface area contributed by atoms with Crippen molar-refractivity contribution in [3.63, 3.8) is 0 Å². The molecule has 0 aliphatic rings. The Kier molecular flexibility index (Phi) is 7.81. The highest BCUT2D eigenvalue weighted by Gasteiger charge is 2.05. The van der Waals surface area contributed by atoms with Gasteiger partial charge in [-0.3, -0.25) is 4.21 Å². The summed E-state index contributed by atoms with van der Waals surface area (Å²) in [6.07, 6.45) is 3.27. The van der Waals surface area contributed by atoms with Gasteiger partial charge in [0.2, 0.25) is 0 Å². The summed E-state index contributed by atoms with van der Waals surface area (Å²) in [6.45, 7) is 5.00. The van der Waals surface area contributed by atoms with Crippen LogP contribution in [0.1, 0.15) is 33.1 Å². The second-order valence-electron chi connectivity index (χ2n) is 3.35. The van der Waals surface area contributed by atoms with Crippen LogP contribution in [0.3, 0.4) is 0 Å². The Morgan fingerprint density at radius 2 is 2.17 bits per heavy atom. The molecule has 0 amide bonds. The molecule has 0 aromatic rings. The maximum Gasteiger partial charge on any atom is 0.0260 e. The fourth-order valence-corrected chi connectivity index (χ4v) is 2.68. The minimum atomic E-state index is -0.631. The van der Waals surface area contributed by atoms with Crippen LogP contribution in [0.5, 0.6) is 0 Å². The third kappa shape index (κ3) is 6.80. The van der Waals surface area contributed by atoms with Crippen LogP contribution in [0, 0.1) is 5.92 Å². The molecule has 2 atom stereocenters. The third-order valence-electron chi connectivity index (χ3n) is 1.83. The van der Waals surface area contributed by atoms with E-state index in [1.807, 2.05) is 0 Å². The summed E-state index contributed by atoms with van der Waals surface area (Å²) in [5.41, 5.74) is 5.33. The van der Waals surface area contributed by atoms with Gasteiger partial charge in [0.05, 0.1) is 0 Å². The molecule has 0 bridgehead atoms. The maximum atomic E-state index is 11.3. The Hall–Kier alpha value is 0.110. The Morgan fingerprint density at radius 3 is 2.67 bits per heavy atom. The monoisotopic (exact) mass is 191 g/mol. The van der Waals surface area contributed by atoms with Crippen LogP contribution in [0.15, 0.2) is 0 Å². The topological polar surface area (TPSA) is 43.1 Å². The second kappa shape index (κ2) is 7.74. The van der Waals surface area contributed by atoms with Gasteiger partial charge in [0.15, 0.2) is 0 Å². The first-order chi connectivity index (χ1) is 5.70. The molecule has 0 rings (SSSR count). The Balaban J connectivity index is 3.40. The van der Waals surface area contributed by atoms with Crippen LogP contribution in [-0.4, -0.2) is 22.3 Å². The zero-order valence-corrected chi connectivity index (χ0v) is 9.03. The zero-order chi connectivity index (χ0) is 9.40. The Morgan fingerprint density at radius 1 is 1.50 bits per heavy atom. The van der Waals surface area contributed by atoms with E-state index >= 15 is 0 Å². The predicted molar refractivity (Wildman–Crippen MR) is 55.6 cm³/mol. The van der Waals surface area contributed by atoms with Crippen molar-refractivity contribution in [2.24, 2.45) is 11.7 Å². The number of rotatable bonds is 7. The lowest BCUT2D eigenvalue weighted by atomic mass is 10.1. The predicted octanol–water partition coefficient (Wildman–Crippen LogP) is 1.52. The normalized spacial score (nSPS) is 15.9. The molecule has 2 unspecified atom stereocenters. The first-order valence-electron chi connectivity index (χ1n) is 4.75. The van der Waals surface area contributed by atoms with E-state index in [-0.39, 0.29) is 0 Å². The van der Waals surface area contributed by atoms with E-state index in [4.69, 9.17) is 5.73 Å². The molecule has 12 heavy (non-hydrogen) atoms. The van der Waals surface area contributed by atoms with Crippen molar-refractivity contribution in [3.05, 3.63) is 0 Å². The fraction of sp³-hybridized carbons (Fsp3) is 1.00. The van der Waals surface area contributed by atoms with Crippen molar-refractivity contribution in [1.82, 2.24) is 0 Å². The number of hydrogen-bond acceptors (Lipinski definition) is 2. The SMILES string of the molecule is CCCC(C)CS(=O)CCCN. The first-order valence-corrected chi connectivity index (χ1v) is 6.24. The van der Waals surface area contributed by atoms with Crippen LogP contribution in [0.25, 0.3) is 0 Å². The highest BCUT2D eigenvalue weighted by Crippen LogP contribution is 2.06. The first kappa shape index (κ1) is 12.1. The lowest BCUT2D eigenvalue weighted by molar-refractivity contribution is 0.574. The van der Waals surface area contributed by atoms with Crippen LogP contribution in [0.2, 0.25) is 0 Å². The molecule has 0 aromatic heterocycles. The molecule has 2 N–H and O–H groups in total. The molecule has 0 aliphatic heterocycles. The van der Waals surface area contributed by atoms with Crippen molar-refractivity contribution in [2.75, 3.05) is 18.1 Å². The molecule has 0 aromatic carbocycles. The molecule has 74 valence electrons. The van der Waals surface area contributed by atoms with Crippen LogP contribution in [0.4, 0.5) is 0 Å². The van der Waals surface area contributed by atoms with Gasteiger partial charge in [0, 0.05) is 22.3 Å². The molecule has 3 heteroatoms. The molecule has 0 aliphatic carbocycles. The van der Waals surface area contributed by atoms with Gasteiger partial charge in [-0.2, -0.15) is 0 Å². The smallest absolute Gasteiger partial charge is 0.0260 e. The number of hydrogen-bond donors (Lipinski definition) is 1. The van der Waals surface area contributed by atoms with E-state index < -0.39 is 10.8 Å². The van der Waals surface area contributed by atoms with E-state index in [1.165, 1.54) is 12.8 Å². The molecule has 0 saturated carbocycles. The highest BCUT2D eigenvalue weighted by atomic mass is 32.2. The van der Waals surface area contributed by atoms with E-state index in [0.717, 1.165) is 17.9 Å². The molecule has 0 fully saturated rings. The lowest BCUT2D eigenvalue weighted by Gasteiger charge is -2.08. The fourth-order valence-electron chi connectivity index (χ4n) is 1.22. The van der Waals surface area contributed by atoms with E-state index in [9.17, 15) is 4.21 Å². The molecule has 0 heterocycles. The molecule has 2 nitrogen and oxygen atoms in total. The minimum Gasteiger partial charge on any atom is -0.330 e. The average molecular weight is 191 g/mol. The number of nitrogens with two attached hydrogens (primary N) is 1. The second-order valence-corrected chi connectivity index (χ2v) is 4.97. The summed E-state index contributed by atoms with van der Waals surface area (Å²) in [5.74, 6) is 2.24. The molecule has 0 radical (unpaired) electrons. The van der Waals surface area contributed by atoms with Crippen LogP contribution < -0.4 is 5.73 Å². The summed E-state index contributed by atoms with van der Waals surface area (Å²) in [4.78, 5) is 0. The van der Waals surface area contributed by atoms with Crippen molar-refractivity contribution in [3.8, 4) is 0 Å². The van der Waals surface area contributed by atoms with Crippen molar-refractivity contribution < 1.29 is 4.21 Å². The molecule has 0 saturated heterocycles. The Bertz CT molecular complexity index is 128. The van der Waals surface area contributed by atoms with Crippen molar-refractivity contribution in [2.45, 2.75) is 33.1 Å². The van der Waals surface area contributed by atoms with Crippen molar-refractivity contribution >= 4 is 10.8 Å². The van der Waals surface area contributed by atoms with E-state index in [2.05, 4.69) is 13.8 Å². The Labute approximate surface area is 78.4 Å². The van der Waals surface area contributed by atoms with Crippen LogP contribution >= 0.6 is 0 Å².